The van der Waals surface area contributed by atoms with Gasteiger partial charge in [-0.2, -0.15) is 18.2 Å². The van der Waals surface area contributed by atoms with Gasteiger partial charge < -0.3 is 19.9 Å². The van der Waals surface area contributed by atoms with Crippen LogP contribution >= 0.6 is 0 Å². The van der Waals surface area contributed by atoms with Crippen molar-refractivity contribution in [3.63, 3.8) is 0 Å². The summed E-state index contributed by atoms with van der Waals surface area (Å²) < 4.78 is 71.0. The highest BCUT2D eigenvalue weighted by Crippen LogP contribution is 2.36. The Bertz CT molecular complexity index is 1290. The van der Waals surface area contributed by atoms with E-state index in [0.717, 1.165) is 4.90 Å². The number of sulfonamides is 1. The average Bonchev–Trinajstić information content (AvgIpc) is 2.83. The Labute approximate surface area is 200 Å². The molecule has 1 unspecified atom stereocenters. The topological polar surface area (TPSA) is 114 Å². The van der Waals surface area contributed by atoms with Crippen LogP contribution in [0.5, 0.6) is 5.75 Å². The zero-order valence-corrected chi connectivity index (χ0v) is 19.4. The molecule has 1 atom stereocenters. The van der Waals surface area contributed by atoms with Crippen LogP contribution in [-0.4, -0.2) is 57.3 Å². The molecule has 1 aliphatic rings. The molecule has 0 saturated carbocycles. The first-order valence-corrected chi connectivity index (χ1v) is 12.0. The number of nitrogens with zero attached hydrogens (tertiary/aromatic N) is 4. The standard InChI is InChI=1S/C22H23F3N6O3S/c1-34-18-13-27-21(28-15-6-5-9-17(12-15)35(26,32)33)29-20(18)31-11-10-30(14-19(31)22(23,24)25)16-7-3-2-4-8-16/h2-9,12-13,19H,10-11,14H2,1H3,(H2,26,32,33)(H,27,28,29). The smallest absolute Gasteiger partial charge is 0.410 e. The van der Waals surface area contributed by atoms with Crippen molar-refractivity contribution in [3.05, 3.63) is 60.8 Å². The van der Waals surface area contributed by atoms with Crippen molar-refractivity contribution in [2.75, 3.05) is 41.9 Å². The Balaban J connectivity index is 1.66. The summed E-state index contributed by atoms with van der Waals surface area (Å²) in [6.07, 6.45) is -3.27. The predicted octanol–water partition coefficient (Wildman–Crippen LogP) is 3.13. The van der Waals surface area contributed by atoms with Crippen LogP contribution in [0.25, 0.3) is 0 Å². The predicted molar refractivity (Wildman–Crippen MR) is 126 cm³/mol. The number of aromatic nitrogens is 2. The molecule has 1 aliphatic heterocycles. The lowest BCUT2D eigenvalue weighted by atomic mass is 10.1. The van der Waals surface area contributed by atoms with E-state index in [2.05, 4.69) is 15.3 Å². The van der Waals surface area contributed by atoms with E-state index in [9.17, 15) is 21.6 Å². The van der Waals surface area contributed by atoms with Crippen LogP contribution in [0.4, 0.5) is 36.3 Å². The fraction of sp³-hybridized carbons (Fsp3) is 0.273. The highest BCUT2D eigenvalue weighted by Gasteiger charge is 2.48. The third kappa shape index (κ3) is 5.57. The number of benzene rings is 2. The van der Waals surface area contributed by atoms with Gasteiger partial charge in [-0.15, -0.1) is 0 Å². The lowest BCUT2D eigenvalue weighted by molar-refractivity contribution is -0.148. The van der Waals surface area contributed by atoms with Crippen LogP contribution in [0.3, 0.4) is 0 Å². The molecule has 0 amide bonds. The molecule has 186 valence electrons. The van der Waals surface area contributed by atoms with Crippen molar-refractivity contribution in [1.29, 1.82) is 0 Å². The summed E-state index contributed by atoms with van der Waals surface area (Å²) in [5.74, 6) is 0.0256. The van der Waals surface area contributed by atoms with Crippen molar-refractivity contribution in [2.24, 2.45) is 5.14 Å². The van der Waals surface area contributed by atoms with Gasteiger partial charge in [0.15, 0.2) is 11.6 Å². The lowest BCUT2D eigenvalue weighted by Crippen LogP contribution is -2.59. The van der Waals surface area contributed by atoms with Gasteiger partial charge in [0.1, 0.15) is 6.04 Å². The average molecular weight is 509 g/mol. The van der Waals surface area contributed by atoms with Crippen molar-refractivity contribution >= 4 is 33.2 Å². The van der Waals surface area contributed by atoms with E-state index < -0.39 is 22.2 Å². The van der Waals surface area contributed by atoms with Crippen molar-refractivity contribution in [2.45, 2.75) is 17.1 Å². The van der Waals surface area contributed by atoms with Gasteiger partial charge in [0.2, 0.25) is 16.0 Å². The molecule has 0 aliphatic carbocycles. The molecule has 0 radical (unpaired) electrons. The highest BCUT2D eigenvalue weighted by atomic mass is 32.2. The number of methoxy groups -OCH3 is 1. The first-order valence-electron chi connectivity index (χ1n) is 10.5. The second-order valence-corrected chi connectivity index (χ2v) is 9.38. The number of nitrogens with one attached hydrogen (secondary N) is 1. The lowest BCUT2D eigenvalue weighted by Gasteiger charge is -2.43. The number of anilines is 4. The van der Waals surface area contributed by atoms with Gasteiger partial charge >= 0.3 is 6.18 Å². The molecule has 2 aromatic carbocycles. The van der Waals surface area contributed by atoms with Crippen LogP contribution in [-0.2, 0) is 10.0 Å². The molecule has 1 aromatic heterocycles. The minimum atomic E-state index is -4.54. The number of alkyl halides is 3. The first kappa shape index (κ1) is 24.5. The van der Waals surface area contributed by atoms with Crippen LogP contribution in [0.15, 0.2) is 65.7 Å². The summed E-state index contributed by atoms with van der Waals surface area (Å²) in [7, 11) is -2.62. The van der Waals surface area contributed by atoms with E-state index in [1.165, 1.54) is 31.5 Å². The number of halogens is 3. The number of nitrogens with two attached hydrogens (primary N) is 1. The Morgan fingerprint density at radius 2 is 1.86 bits per heavy atom. The Morgan fingerprint density at radius 1 is 1.11 bits per heavy atom. The fourth-order valence-corrected chi connectivity index (χ4v) is 4.40. The number of hydrogen-bond donors (Lipinski definition) is 2. The molecule has 2 heterocycles. The van der Waals surface area contributed by atoms with Crippen molar-refractivity contribution in [1.82, 2.24) is 9.97 Å². The maximum Gasteiger partial charge on any atom is 0.410 e. The van der Waals surface area contributed by atoms with E-state index in [1.54, 1.807) is 41.3 Å². The van der Waals surface area contributed by atoms with E-state index in [-0.39, 0.29) is 35.5 Å². The second kappa shape index (κ2) is 9.58. The Kier molecular flexibility index (Phi) is 6.72. The fourth-order valence-electron chi connectivity index (χ4n) is 3.84. The first-order chi connectivity index (χ1) is 16.6. The van der Waals surface area contributed by atoms with Crippen molar-refractivity contribution < 1.29 is 26.3 Å². The number of primary sulfonamides is 1. The summed E-state index contributed by atoms with van der Waals surface area (Å²) in [4.78, 5) is 11.1. The Hall–Kier alpha value is -3.58. The molecule has 3 aromatic rings. The molecule has 9 nitrogen and oxygen atoms in total. The molecular formula is C22H23F3N6O3S. The number of para-hydroxylation sites is 1. The molecule has 13 heteroatoms. The summed E-state index contributed by atoms with van der Waals surface area (Å²) in [6, 6.07) is 12.7. The Morgan fingerprint density at radius 3 is 2.51 bits per heavy atom. The molecule has 4 rings (SSSR count). The third-order valence-electron chi connectivity index (χ3n) is 5.53. The van der Waals surface area contributed by atoms with E-state index >= 15 is 0 Å². The van der Waals surface area contributed by atoms with Gasteiger partial charge in [-0.1, -0.05) is 24.3 Å². The van der Waals surface area contributed by atoms with Gasteiger partial charge in [0.05, 0.1) is 18.2 Å². The molecule has 3 N–H and O–H groups in total. The van der Waals surface area contributed by atoms with Crippen LogP contribution in [0, 0.1) is 0 Å². The van der Waals surface area contributed by atoms with Crippen molar-refractivity contribution in [3.8, 4) is 5.75 Å². The van der Waals surface area contributed by atoms with Crippen LogP contribution in [0.1, 0.15) is 0 Å². The summed E-state index contributed by atoms with van der Waals surface area (Å²) in [6.45, 7) is 0.0789. The maximum absolute atomic E-state index is 14.2. The number of hydrogen-bond acceptors (Lipinski definition) is 8. The van der Waals surface area contributed by atoms with Gasteiger partial charge in [0, 0.05) is 31.0 Å². The van der Waals surface area contributed by atoms with Gasteiger partial charge in [-0.25, -0.2) is 18.5 Å². The van der Waals surface area contributed by atoms with Gasteiger partial charge in [-0.3, -0.25) is 0 Å². The minimum Gasteiger partial charge on any atom is -0.491 e. The number of piperazine rings is 1. The molecule has 35 heavy (non-hydrogen) atoms. The van der Waals surface area contributed by atoms with E-state index in [4.69, 9.17) is 9.88 Å². The van der Waals surface area contributed by atoms with E-state index in [1.807, 2.05) is 0 Å². The van der Waals surface area contributed by atoms with E-state index in [0.29, 0.717) is 17.9 Å². The zero-order chi connectivity index (χ0) is 25.2. The van der Waals surface area contributed by atoms with Gasteiger partial charge in [0.25, 0.3) is 0 Å². The highest BCUT2D eigenvalue weighted by molar-refractivity contribution is 7.89. The van der Waals surface area contributed by atoms with Crippen LogP contribution in [0.2, 0.25) is 0 Å². The quantitative estimate of drug-likeness (QED) is 0.522. The zero-order valence-electron chi connectivity index (χ0n) is 18.6. The second-order valence-electron chi connectivity index (χ2n) is 7.82. The maximum atomic E-state index is 14.2. The largest absolute Gasteiger partial charge is 0.491 e. The normalized spacial score (nSPS) is 16.8. The minimum absolute atomic E-state index is 0.0253. The van der Waals surface area contributed by atoms with Gasteiger partial charge in [-0.05, 0) is 30.3 Å². The van der Waals surface area contributed by atoms with Crippen LogP contribution < -0.4 is 25.0 Å². The molecule has 1 fully saturated rings. The summed E-state index contributed by atoms with van der Waals surface area (Å²) in [5.41, 5.74) is 1.00. The number of ether oxygens (including phenoxy) is 1. The summed E-state index contributed by atoms with van der Waals surface area (Å²) in [5, 5.41) is 7.99. The molecule has 0 spiro atoms. The monoisotopic (exact) mass is 508 g/mol. The molecular weight excluding hydrogens is 485 g/mol. The molecule has 0 bridgehead atoms. The summed E-state index contributed by atoms with van der Waals surface area (Å²) >= 11 is 0. The SMILES string of the molecule is COc1cnc(Nc2cccc(S(N)(=O)=O)c2)nc1N1CCN(c2ccccc2)CC1C(F)(F)F. The molecule has 1 saturated heterocycles. The number of rotatable bonds is 6. The third-order valence-corrected chi connectivity index (χ3v) is 6.44.